The van der Waals surface area contributed by atoms with Crippen molar-refractivity contribution in [2.45, 2.75) is 32.6 Å². The first-order valence-corrected chi connectivity index (χ1v) is 9.74. The van der Waals surface area contributed by atoms with Crippen LogP contribution in [0.5, 0.6) is 0 Å². The van der Waals surface area contributed by atoms with Gasteiger partial charge in [0.15, 0.2) is 0 Å². The van der Waals surface area contributed by atoms with E-state index in [1.807, 2.05) is 30.5 Å². The molecule has 0 spiro atoms. The van der Waals surface area contributed by atoms with Crippen LogP contribution in [0.1, 0.15) is 41.1 Å². The molecule has 2 amide bonds. The molecule has 0 aromatic carbocycles. The summed E-state index contributed by atoms with van der Waals surface area (Å²) in [7, 11) is 0. The monoisotopic (exact) mass is 379 g/mol. The second kappa shape index (κ2) is 10.1. The van der Waals surface area contributed by atoms with Gasteiger partial charge in [0.05, 0.1) is 21.7 Å². The second-order valence-corrected chi connectivity index (χ2v) is 7.27. The number of unbranched alkanes of at least 4 members (excludes halogenated alkanes) is 2. The van der Waals surface area contributed by atoms with Crippen LogP contribution in [-0.2, 0) is 9.59 Å². The van der Waals surface area contributed by atoms with Gasteiger partial charge in [-0.15, -0.1) is 22.7 Å². The van der Waals surface area contributed by atoms with Gasteiger partial charge in [0.25, 0.3) is 5.91 Å². The molecule has 2 aromatic rings. The lowest BCUT2D eigenvalue weighted by molar-refractivity contribution is -0.129. The summed E-state index contributed by atoms with van der Waals surface area (Å²) in [5, 5.41) is 13.3. The number of aromatic nitrogens is 1. The van der Waals surface area contributed by atoms with Crippen molar-refractivity contribution in [2.75, 3.05) is 6.54 Å². The minimum absolute atomic E-state index is 0.108. The molecular weight excluding hydrogens is 358 g/mol. The summed E-state index contributed by atoms with van der Waals surface area (Å²) >= 11 is 3.04. The zero-order chi connectivity index (χ0) is 18.1. The third-order valence-corrected chi connectivity index (χ3v) is 5.36. The molecule has 0 fully saturated rings. The second-order valence-electron chi connectivity index (χ2n) is 5.44. The van der Waals surface area contributed by atoms with E-state index in [4.69, 9.17) is 5.21 Å². The van der Waals surface area contributed by atoms with Crippen LogP contribution in [0.4, 0.5) is 0 Å². The van der Waals surface area contributed by atoms with Gasteiger partial charge in [-0.25, -0.2) is 10.5 Å². The Morgan fingerprint density at radius 1 is 1.28 bits per heavy atom. The summed E-state index contributed by atoms with van der Waals surface area (Å²) in [5.41, 5.74) is 4.93. The molecule has 0 saturated carbocycles. The average Bonchev–Trinajstić information content (AvgIpc) is 3.27. The molecule has 6 nitrogen and oxygen atoms in total. The van der Waals surface area contributed by atoms with Crippen molar-refractivity contribution < 1.29 is 14.8 Å². The molecule has 3 N–H and O–H groups in total. The molecule has 0 aliphatic rings. The standard InChI is InChI=1S/C17H21N3O3S2/c1-12-15(25-11-19-12)10-13(14-6-5-9-24-14)17(22)18-8-4-2-3-7-16(21)20-23/h5-6,9-11,23H,2-4,7-8H2,1H3,(H,18,22)(H,20,21)/b13-10+. The number of nitrogens with zero attached hydrogens (tertiary/aromatic N) is 1. The molecule has 0 bridgehead atoms. The SMILES string of the molecule is Cc1ncsc1/C=C(/C(=O)NCCCCCC(=O)NO)c1cccs1. The third-order valence-electron chi connectivity index (χ3n) is 3.58. The maximum Gasteiger partial charge on any atom is 0.252 e. The minimum Gasteiger partial charge on any atom is -0.352 e. The fourth-order valence-electron chi connectivity index (χ4n) is 2.20. The topological polar surface area (TPSA) is 91.3 Å². The lowest BCUT2D eigenvalue weighted by Crippen LogP contribution is -2.25. The Kier molecular flexibility index (Phi) is 7.77. The number of carbonyl (C=O) groups is 2. The first-order valence-electron chi connectivity index (χ1n) is 7.98. The zero-order valence-electron chi connectivity index (χ0n) is 13.9. The number of hydroxylamine groups is 1. The molecule has 0 unspecified atom stereocenters. The van der Waals surface area contributed by atoms with Crippen LogP contribution in [0.2, 0.25) is 0 Å². The normalized spacial score (nSPS) is 11.4. The van der Waals surface area contributed by atoms with Crippen molar-refractivity contribution in [3.05, 3.63) is 38.5 Å². The molecule has 134 valence electrons. The van der Waals surface area contributed by atoms with E-state index in [1.165, 1.54) is 22.7 Å². The first-order chi connectivity index (χ1) is 12.1. The van der Waals surface area contributed by atoms with E-state index in [2.05, 4.69) is 10.3 Å². The van der Waals surface area contributed by atoms with E-state index in [0.717, 1.165) is 28.3 Å². The number of carbonyl (C=O) groups excluding carboxylic acids is 2. The van der Waals surface area contributed by atoms with E-state index < -0.39 is 0 Å². The number of amides is 2. The highest BCUT2D eigenvalue weighted by atomic mass is 32.1. The van der Waals surface area contributed by atoms with Crippen molar-refractivity contribution in [1.29, 1.82) is 0 Å². The van der Waals surface area contributed by atoms with Gasteiger partial charge in [-0.3, -0.25) is 14.8 Å². The number of hydrogen-bond donors (Lipinski definition) is 3. The summed E-state index contributed by atoms with van der Waals surface area (Å²) in [6.45, 7) is 2.47. The van der Waals surface area contributed by atoms with Gasteiger partial charge >= 0.3 is 0 Å². The number of aryl methyl sites for hydroxylation is 1. The van der Waals surface area contributed by atoms with Crippen molar-refractivity contribution in [1.82, 2.24) is 15.8 Å². The zero-order valence-corrected chi connectivity index (χ0v) is 15.6. The van der Waals surface area contributed by atoms with E-state index in [0.29, 0.717) is 18.5 Å². The molecule has 8 heteroatoms. The Morgan fingerprint density at radius 2 is 2.12 bits per heavy atom. The molecule has 0 saturated heterocycles. The van der Waals surface area contributed by atoms with Gasteiger partial charge < -0.3 is 5.32 Å². The minimum atomic E-state index is -0.383. The predicted molar refractivity (Wildman–Crippen MR) is 100 cm³/mol. The van der Waals surface area contributed by atoms with Gasteiger partial charge in [0.2, 0.25) is 5.91 Å². The van der Waals surface area contributed by atoms with Crippen molar-refractivity contribution in [3.8, 4) is 0 Å². The summed E-state index contributed by atoms with van der Waals surface area (Å²) < 4.78 is 0. The lowest BCUT2D eigenvalue weighted by Gasteiger charge is -2.08. The summed E-state index contributed by atoms with van der Waals surface area (Å²) in [5.74, 6) is -0.491. The fraction of sp³-hybridized carbons (Fsp3) is 0.353. The molecule has 2 rings (SSSR count). The largest absolute Gasteiger partial charge is 0.352 e. The number of thiazole rings is 1. The van der Waals surface area contributed by atoms with Gasteiger partial charge in [0.1, 0.15) is 0 Å². The Hall–Kier alpha value is -2.03. The summed E-state index contributed by atoms with van der Waals surface area (Å²) in [6.07, 6.45) is 4.44. The molecule has 2 aromatic heterocycles. The third kappa shape index (κ3) is 6.08. The number of rotatable bonds is 9. The van der Waals surface area contributed by atoms with Crippen LogP contribution in [-0.4, -0.2) is 28.6 Å². The van der Waals surface area contributed by atoms with E-state index in [9.17, 15) is 9.59 Å². The van der Waals surface area contributed by atoms with Gasteiger partial charge in [-0.05, 0) is 37.3 Å². The Morgan fingerprint density at radius 3 is 2.76 bits per heavy atom. The van der Waals surface area contributed by atoms with E-state index in [1.54, 1.807) is 11.0 Å². The predicted octanol–water partition coefficient (Wildman–Crippen LogP) is 3.24. The summed E-state index contributed by atoms with van der Waals surface area (Å²) in [6, 6.07) is 3.85. The Balaban J connectivity index is 1.90. The number of nitrogens with one attached hydrogen (secondary N) is 2. The maximum absolute atomic E-state index is 12.6. The lowest BCUT2D eigenvalue weighted by atomic mass is 10.1. The Labute approximate surface area is 154 Å². The fourth-order valence-corrected chi connectivity index (χ4v) is 3.67. The molecular formula is C17H21N3O3S2. The van der Waals surface area contributed by atoms with Crippen molar-refractivity contribution in [2.24, 2.45) is 0 Å². The van der Waals surface area contributed by atoms with Crippen molar-refractivity contribution >= 4 is 46.1 Å². The quantitative estimate of drug-likeness (QED) is 0.270. The highest BCUT2D eigenvalue weighted by Gasteiger charge is 2.14. The van der Waals surface area contributed by atoms with Gasteiger partial charge in [-0.1, -0.05) is 12.5 Å². The van der Waals surface area contributed by atoms with Crippen LogP contribution in [0.15, 0.2) is 23.0 Å². The molecule has 0 radical (unpaired) electrons. The molecule has 0 aliphatic heterocycles. The smallest absolute Gasteiger partial charge is 0.252 e. The van der Waals surface area contributed by atoms with Crippen LogP contribution < -0.4 is 10.8 Å². The number of thiophene rings is 1. The molecule has 25 heavy (non-hydrogen) atoms. The maximum atomic E-state index is 12.6. The van der Waals surface area contributed by atoms with Crippen molar-refractivity contribution in [3.63, 3.8) is 0 Å². The Bertz CT molecular complexity index is 723. The van der Waals surface area contributed by atoms with Crippen LogP contribution >= 0.6 is 22.7 Å². The van der Waals surface area contributed by atoms with E-state index >= 15 is 0 Å². The van der Waals surface area contributed by atoms with Crippen LogP contribution in [0, 0.1) is 6.92 Å². The molecule has 0 aliphatic carbocycles. The average molecular weight is 380 g/mol. The van der Waals surface area contributed by atoms with Crippen LogP contribution in [0.3, 0.4) is 0 Å². The highest BCUT2D eigenvalue weighted by molar-refractivity contribution is 7.12. The first kappa shape index (κ1) is 19.3. The van der Waals surface area contributed by atoms with Gasteiger partial charge in [-0.2, -0.15) is 0 Å². The van der Waals surface area contributed by atoms with Gasteiger partial charge in [0, 0.05) is 17.8 Å². The van der Waals surface area contributed by atoms with E-state index in [-0.39, 0.29) is 18.2 Å². The summed E-state index contributed by atoms with van der Waals surface area (Å²) in [4.78, 5) is 29.6. The molecule has 2 heterocycles. The van der Waals surface area contributed by atoms with Crippen LogP contribution in [0.25, 0.3) is 11.6 Å². The highest BCUT2D eigenvalue weighted by Crippen LogP contribution is 2.25. The molecule has 0 atom stereocenters. The number of hydrogen-bond acceptors (Lipinski definition) is 6.